The predicted octanol–water partition coefficient (Wildman–Crippen LogP) is 3.48. The van der Waals surface area contributed by atoms with Gasteiger partial charge in [-0.1, -0.05) is 24.3 Å². The van der Waals surface area contributed by atoms with Crippen molar-refractivity contribution in [1.82, 2.24) is 9.97 Å². The summed E-state index contributed by atoms with van der Waals surface area (Å²) in [5.74, 6) is -0.139. The number of rotatable bonds is 5. The smallest absolute Gasteiger partial charge is 0.344 e. The molecule has 2 N–H and O–H groups in total. The number of ether oxygens (including phenoxy) is 1. The number of hydrogen-bond acceptors (Lipinski definition) is 4. The number of para-hydroxylation sites is 2. The molecule has 1 aromatic heterocycles. The first-order valence-electron chi connectivity index (χ1n) is 7.63. The van der Waals surface area contributed by atoms with Crippen molar-refractivity contribution >= 4 is 28.7 Å². The van der Waals surface area contributed by atoms with E-state index in [9.17, 15) is 10.1 Å². The normalized spacial score (nSPS) is 12.6. The lowest BCUT2D eigenvalue weighted by Gasteiger charge is -2.10. The number of benzene rings is 2. The number of nitrogens with zero attached hydrogens (tertiary/aromatic N) is 2. The molecule has 3 rings (SSSR count). The number of carboxylic acids is 1. The first kappa shape index (κ1) is 16.3. The van der Waals surface area contributed by atoms with Crippen LogP contribution in [0.4, 0.5) is 0 Å². The second-order valence-corrected chi connectivity index (χ2v) is 5.44. The number of aromatic amines is 1. The molecule has 0 amide bonds. The van der Waals surface area contributed by atoms with Crippen molar-refractivity contribution in [2.24, 2.45) is 0 Å². The monoisotopic (exact) mass is 333 g/mol. The Hall–Kier alpha value is -3.59. The van der Waals surface area contributed by atoms with Crippen molar-refractivity contribution in [2.45, 2.75) is 13.0 Å². The van der Waals surface area contributed by atoms with E-state index < -0.39 is 12.1 Å². The Morgan fingerprint density at radius 2 is 2.12 bits per heavy atom. The molecule has 6 nitrogen and oxygen atoms in total. The van der Waals surface area contributed by atoms with Crippen LogP contribution in [-0.2, 0) is 4.79 Å². The van der Waals surface area contributed by atoms with Crippen molar-refractivity contribution in [3.05, 3.63) is 59.9 Å². The van der Waals surface area contributed by atoms with E-state index in [1.165, 1.54) is 6.92 Å². The van der Waals surface area contributed by atoms with E-state index in [4.69, 9.17) is 9.84 Å². The van der Waals surface area contributed by atoms with Crippen molar-refractivity contribution in [2.75, 3.05) is 0 Å². The molecule has 1 atom stereocenters. The van der Waals surface area contributed by atoms with Gasteiger partial charge < -0.3 is 14.8 Å². The molecule has 25 heavy (non-hydrogen) atoms. The van der Waals surface area contributed by atoms with Gasteiger partial charge in [0.2, 0.25) is 0 Å². The lowest BCUT2D eigenvalue weighted by molar-refractivity contribution is -0.144. The van der Waals surface area contributed by atoms with Crippen LogP contribution in [0, 0.1) is 11.3 Å². The van der Waals surface area contributed by atoms with Gasteiger partial charge in [0.25, 0.3) is 0 Å². The maximum Gasteiger partial charge on any atom is 0.344 e. The maximum atomic E-state index is 10.9. The Morgan fingerprint density at radius 1 is 1.32 bits per heavy atom. The molecule has 1 heterocycles. The minimum Gasteiger partial charge on any atom is -0.479 e. The second kappa shape index (κ2) is 6.89. The molecule has 2 aromatic carbocycles. The predicted molar refractivity (Wildman–Crippen MR) is 93.7 cm³/mol. The fourth-order valence-corrected chi connectivity index (χ4v) is 2.33. The highest BCUT2D eigenvalue weighted by Gasteiger charge is 2.12. The Labute approximate surface area is 144 Å². The first-order chi connectivity index (χ1) is 12.1. The van der Waals surface area contributed by atoms with E-state index in [-0.39, 0.29) is 0 Å². The molecule has 0 saturated heterocycles. The lowest BCUT2D eigenvalue weighted by Crippen LogP contribution is -2.22. The van der Waals surface area contributed by atoms with Gasteiger partial charge in [0.1, 0.15) is 17.6 Å². The zero-order valence-corrected chi connectivity index (χ0v) is 13.4. The molecule has 3 aromatic rings. The van der Waals surface area contributed by atoms with Gasteiger partial charge in [-0.05, 0) is 42.8 Å². The van der Waals surface area contributed by atoms with E-state index in [1.54, 1.807) is 30.3 Å². The van der Waals surface area contributed by atoms with Crippen molar-refractivity contribution in [1.29, 1.82) is 5.26 Å². The van der Waals surface area contributed by atoms with E-state index >= 15 is 0 Å². The van der Waals surface area contributed by atoms with Gasteiger partial charge in [0.15, 0.2) is 6.10 Å². The number of nitrogens with one attached hydrogen (secondary N) is 1. The number of H-pyrrole nitrogens is 1. The van der Waals surface area contributed by atoms with Gasteiger partial charge in [0.05, 0.1) is 16.6 Å². The van der Waals surface area contributed by atoms with Crippen LogP contribution in [0.25, 0.3) is 22.7 Å². The minimum atomic E-state index is -1.04. The SMILES string of the molecule is C[C@H](Oc1cccc(/C=C(\C#N)c2nc3ccccc3[nH]2)c1)C(=O)O. The molecule has 0 fully saturated rings. The molecule has 6 heteroatoms. The van der Waals surface area contributed by atoms with Gasteiger partial charge in [-0.15, -0.1) is 0 Å². The van der Waals surface area contributed by atoms with Crippen LogP contribution in [-0.4, -0.2) is 27.1 Å². The highest BCUT2D eigenvalue weighted by atomic mass is 16.5. The topological polar surface area (TPSA) is 99.0 Å². The highest BCUT2D eigenvalue weighted by molar-refractivity contribution is 5.90. The van der Waals surface area contributed by atoms with Gasteiger partial charge in [-0.25, -0.2) is 9.78 Å². The minimum absolute atomic E-state index is 0.375. The zero-order valence-electron chi connectivity index (χ0n) is 13.4. The highest BCUT2D eigenvalue weighted by Crippen LogP contribution is 2.21. The number of carbonyl (C=O) groups is 1. The third-order valence-electron chi connectivity index (χ3n) is 3.59. The fourth-order valence-electron chi connectivity index (χ4n) is 2.33. The quantitative estimate of drug-likeness (QED) is 0.696. The average molecular weight is 333 g/mol. The Balaban J connectivity index is 1.92. The number of carboxylic acid groups (broad SMARTS) is 1. The summed E-state index contributed by atoms with van der Waals surface area (Å²) in [5, 5.41) is 18.4. The molecule has 0 aliphatic heterocycles. The van der Waals surface area contributed by atoms with E-state index in [1.807, 2.05) is 24.3 Å². The van der Waals surface area contributed by atoms with Crippen LogP contribution >= 0.6 is 0 Å². The first-order valence-corrected chi connectivity index (χ1v) is 7.63. The molecular weight excluding hydrogens is 318 g/mol. The largest absolute Gasteiger partial charge is 0.479 e. The van der Waals surface area contributed by atoms with Crippen molar-refractivity contribution in [3.8, 4) is 11.8 Å². The Kier molecular flexibility index (Phi) is 4.48. The van der Waals surface area contributed by atoms with Gasteiger partial charge in [-0.2, -0.15) is 5.26 Å². The summed E-state index contributed by atoms with van der Waals surface area (Å²) in [4.78, 5) is 18.4. The van der Waals surface area contributed by atoms with E-state index in [0.29, 0.717) is 22.7 Å². The molecule has 0 spiro atoms. The number of imidazole rings is 1. The summed E-state index contributed by atoms with van der Waals surface area (Å²) in [6.07, 6.45) is 0.723. The Bertz CT molecular complexity index is 965. The number of fused-ring (bicyclic) bond motifs is 1. The number of aromatic nitrogens is 2. The fraction of sp³-hybridized carbons (Fsp3) is 0.105. The Morgan fingerprint density at radius 3 is 2.84 bits per heavy atom. The van der Waals surface area contributed by atoms with Crippen LogP contribution in [0.2, 0.25) is 0 Å². The van der Waals surface area contributed by atoms with Crippen LogP contribution in [0.5, 0.6) is 5.75 Å². The van der Waals surface area contributed by atoms with Crippen molar-refractivity contribution in [3.63, 3.8) is 0 Å². The van der Waals surface area contributed by atoms with Crippen LogP contribution in [0.15, 0.2) is 48.5 Å². The van der Waals surface area contributed by atoms with Crippen LogP contribution in [0.1, 0.15) is 18.3 Å². The number of allylic oxidation sites excluding steroid dienone is 1. The average Bonchev–Trinajstić information content (AvgIpc) is 3.03. The van der Waals surface area contributed by atoms with Gasteiger partial charge in [0, 0.05) is 0 Å². The summed E-state index contributed by atoms with van der Waals surface area (Å²) in [5.41, 5.74) is 2.73. The lowest BCUT2D eigenvalue weighted by atomic mass is 10.1. The molecule has 0 bridgehead atoms. The van der Waals surface area contributed by atoms with E-state index in [0.717, 1.165) is 11.0 Å². The number of hydrogen-bond donors (Lipinski definition) is 2. The third-order valence-corrected chi connectivity index (χ3v) is 3.59. The van der Waals surface area contributed by atoms with E-state index in [2.05, 4.69) is 16.0 Å². The molecule has 0 aliphatic carbocycles. The molecule has 0 unspecified atom stereocenters. The zero-order chi connectivity index (χ0) is 17.8. The number of nitriles is 1. The number of aliphatic carboxylic acids is 1. The standard InChI is InChI=1S/C19H15N3O3/c1-12(19(23)24)25-15-6-4-5-13(10-15)9-14(11-20)18-21-16-7-2-3-8-17(16)22-18/h2-10,12H,1H3,(H,21,22)(H,23,24)/b14-9+/t12-/m0/s1. The summed E-state index contributed by atoms with van der Waals surface area (Å²) >= 11 is 0. The van der Waals surface area contributed by atoms with Crippen molar-refractivity contribution < 1.29 is 14.6 Å². The summed E-state index contributed by atoms with van der Waals surface area (Å²) in [7, 11) is 0. The summed E-state index contributed by atoms with van der Waals surface area (Å²) < 4.78 is 5.35. The molecular formula is C19H15N3O3. The maximum absolute atomic E-state index is 10.9. The second-order valence-electron chi connectivity index (χ2n) is 5.44. The third kappa shape index (κ3) is 3.67. The molecule has 0 radical (unpaired) electrons. The molecule has 0 saturated carbocycles. The summed E-state index contributed by atoms with van der Waals surface area (Å²) in [6, 6.07) is 16.6. The molecule has 124 valence electrons. The van der Waals surface area contributed by atoms with Crippen LogP contribution < -0.4 is 4.74 Å². The summed E-state index contributed by atoms with van der Waals surface area (Å²) in [6.45, 7) is 1.46. The van der Waals surface area contributed by atoms with Crippen LogP contribution in [0.3, 0.4) is 0 Å². The molecule has 0 aliphatic rings. The van der Waals surface area contributed by atoms with Gasteiger partial charge >= 0.3 is 5.97 Å². The van der Waals surface area contributed by atoms with Gasteiger partial charge in [-0.3, -0.25) is 0 Å².